The summed E-state index contributed by atoms with van der Waals surface area (Å²) in [5.74, 6) is -5.96. The van der Waals surface area contributed by atoms with Crippen molar-refractivity contribution >= 4 is 59.6 Å². The van der Waals surface area contributed by atoms with Crippen LogP contribution in [-0.2, 0) is 49.6 Å². The number of aliphatic hydroxyl groups is 1. The SMILES string of the molecule is C[C@H](O)[C@H](NC=O)C(=O)NCC(=O)N[C@H](CCCN)C(=O)N1CCC[C@H]1C(=O)NC(Cc1cnc[nH]1)C(=O)N[C@@H](CCCCN)C(=O)N/C(=C\CCN=C(N)N)C(=O)N[C@@H](CCCCN)C(=O)NCCCCN. The Balaban J connectivity index is 2.40. The minimum Gasteiger partial charge on any atom is -0.391 e. The summed E-state index contributed by atoms with van der Waals surface area (Å²) in [5.41, 5.74) is 34.0. The number of hydrogen-bond donors (Lipinski definition) is 16. The van der Waals surface area contributed by atoms with E-state index in [-0.39, 0.29) is 82.8 Å². The van der Waals surface area contributed by atoms with Gasteiger partial charge >= 0.3 is 0 Å². The van der Waals surface area contributed by atoms with Gasteiger partial charge < -0.3 is 91.9 Å². The number of carbonyl (C=O) groups is 9. The van der Waals surface area contributed by atoms with Gasteiger partial charge in [-0.3, -0.25) is 48.1 Å². The van der Waals surface area contributed by atoms with Gasteiger partial charge in [0.05, 0.1) is 19.0 Å². The maximum atomic E-state index is 14.4. The molecule has 1 aliphatic heterocycles. The molecular weight excluding hydrogens is 953 g/mol. The minimum atomic E-state index is -1.35. The summed E-state index contributed by atoms with van der Waals surface area (Å²) < 4.78 is 0. The fraction of sp³-hybridized carbons (Fsp3) is 0.667. The smallest absolute Gasteiger partial charge is 0.268 e. The highest BCUT2D eigenvalue weighted by molar-refractivity contribution is 6.02. The number of unbranched alkanes of at least 4 members (excludes halogenated alkanes) is 3. The number of nitrogens with two attached hydrogens (primary N) is 6. The average molecular weight is 1030 g/mol. The normalized spacial score (nSPS) is 15.8. The van der Waals surface area contributed by atoms with Crippen LogP contribution in [0.5, 0.6) is 0 Å². The van der Waals surface area contributed by atoms with Crippen LogP contribution >= 0.6 is 0 Å². The van der Waals surface area contributed by atoms with Crippen LogP contribution in [0, 0.1) is 0 Å². The molecule has 2 heterocycles. The lowest BCUT2D eigenvalue weighted by molar-refractivity contribution is -0.142. The number of hydrogen-bond acceptors (Lipinski definition) is 16. The van der Waals surface area contributed by atoms with E-state index in [1.165, 1.54) is 30.4 Å². The number of rotatable bonds is 37. The molecule has 0 bridgehead atoms. The number of aromatic nitrogens is 2. The highest BCUT2D eigenvalue weighted by Crippen LogP contribution is 2.20. The predicted molar refractivity (Wildman–Crippen MR) is 269 cm³/mol. The van der Waals surface area contributed by atoms with Gasteiger partial charge in [-0.1, -0.05) is 6.08 Å². The number of nitrogens with zero attached hydrogens (tertiary/aromatic N) is 3. The van der Waals surface area contributed by atoms with Crippen molar-refractivity contribution in [1.82, 2.24) is 57.4 Å². The fourth-order valence-electron chi connectivity index (χ4n) is 7.66. The second-order valence-electron chi connectivity index (χ2n) is 17.4. The van der Waals surface area contributed by atoms with Crippen molar-refractivity contribution in [2.24, 2.45) is 39.4 Å². The van der Waals surface area contributed by atoms with Crippen LogP contribution in [0.3, 0.4) is 0 Å². The Morgan fingerprint density at radius 3 is 2.04 bits per heavy atom. The first-order chi connectivity index (χ1) is 35.0. The molecule has 7 atom stereocenters. The zero-order valence-corrected chi connectivity index (χ0v) is 41.8. The first-order valence-electron chi connectivity index (χ1n) is 24.8. The first-order valence-corrected chi connectivity index (χ1v) is 24.8. The Kier molecular flexibility index (Phi) is 30.2. The molecule has 0 radical (unpaired) electrons. The monoisotopic (exact) mass is 1030 g/mol. The van der Waals surface area contributed by atoms with Crippen molar-refractivity contribution in [3.05, 3.63) is 30.0 Å². The topological polar surface area (TPSA) is 470 Å². The van der Waals surface area contributed by atoms with E-state index in [2.05, 4.69) is 57.5 Å². The largest absolute Gasteiger partial charge is 0.391 e. The number of likely N-dealkylation sites (tertiary alicyclic amines) is 1. The molecule has 28 nitrogen and oxygen atoms in total. The fourth-order valence-corrected chi connectivity index (χ4v) is 7.66. The Morgan fingerprint density at radius 1 is 0.795 bits per heavy atom. The molecule has 1 aromatic rings. The number of aliphatic imine (C=N–C) groups is 1. The van der Waals surface area contributed by atoms with Gasteiger partial charge in [-0.2, -0.15) is 0 Å². The van der Waals surface area contributed by atoms with E-state index in [0.717, 1.165) is 0 Å². The van der Waals surface area contributed by atoms with Crippen LogP contribution in [0.25, 0.3) is 0 Å². The summed E-state index contributed by atoms with van der Waals surface area (Å²) in [5, 5.41) is 30.5. The number of amides is 9. The van der Waals surface area contributed by atoms with Gasteiger partial charge in [0.1, 0.15) is 41.9 Å². The Morgan fingerprint density at radius 2 is 1.44 bits per heavy atom. The van der Waals surface area contributed by atoms with Gasteiger partial charge in [-0.25, -0.2) is 4.98 Å². The third-order valence-electron chi connectivity index (χ3n) is 11.6. The molecule has 1 aromatic heterocycles. The minimum absolute atomic E-state index is 0.0447. The standard InChI is InChI=1S/C45H80N18O10/c1-28(65)37(57-27-64)43(72)55-25-36(66)58-33(13-8-19-49)44(73)63-22-10-15-35(63)42(71)62-34(23-29-24-52-26-56-29)41(70)61-31(12-3-5-17-47)39(68)60-32(14-9-21-54-45(50)51)40(69)59-30(11-2-4-16-46)38(67)53-20-7-6-18-48/h14,24,26-28,30-31,33-35,37,65H,2-13,15-23,25,46-49H2,1H3,(H,52,56)(H,53,67)(H,55,72)(H,57,64)(H,58,66)(H,59,69)(H,60,68)(H,61,70)(H,62,71)(H4,50,51,54)/b32-14-/t28-,30-,31-,33+,34?,35-,37-/m0/s1. The van der Waals surface area contributed by atoms with Crippen molar-refractivity contribution in [2.45, 2.75) is 139 Å². The van der Waals surface area contributed by atoms with E-state index in [0.29, 0.717) is 76.7 Å². The van der Waals surface area contributed by atoms with Crippen molar-refractivity contribution in [3.8, 4) is 0 Å². The molecule has 28 heteroatoms. The molecule has 0 saturated carbocycles. The van der Waals surface area contributed by atoms with E-state index in [4.69, 9.17) is 34.4 Å². The number of nitrogens with one attached hydrogen (secondary N) is 9. The van der Waals surface area contributed by atoms with E-state index in [9.17, 15) is 48.3 Å². The van der Waals surface area contributed by atoms with Crippen molar-refractivity contribution in [2.75, 3.05) is 52.4 Å². The molecule has 1 saturated heterocycles. The molecule has 410 valence electrons. The molecule has 1 unspecified atom stereocenters. The number of carbonyl (C=O) groups excluding carboxylic acids is 9. The summed E-state index contributed by atoms with van der Waals surface area (Å²) in [4.78, 5) is 133. The zero-order valence-electron chi connectivity index (χ0n) is 41.8. The molecule has 1 aliphatic rings. The van der Waals surface area contributed by atoms with E-state index < -0.39 is 96.2 Å². The van der Waals surface area contributed by atoms with Crippen LogP contribution in [0.2, 0.25) is 0 Å². The van der Waals surface area contributed by atoms with E-state index in [1.54, 1.807) is 0 Å². The summed E-state index contributed by atoms with van der Waals surface area (Å²) in [7, 11) is 0. The van der Waals surface area contributed by atoms with Crippen molar-refractivity contribution in [3.63, 3.8) is 0 Å². The number of H-pyrrole nitrogens is 1. The molecular formula is C45H80N18O10. The van der Waals surface area contributed by atoms with Crippen LogP contribution < -0.4 is 76.9 Å². The van der Waals surface area contributed by atoms with Gasteiger partial charge in [0.25, 0.3) is 5.91 Å². The first kappa shape index (κ1) is 62.4. The number of aliphatic hydroxyl groups excluding tert-OH is 1. The molecule has 0 aliphatic carbocycles. The molecule has 9 amide bonds. The summed E-state index contributed by atoms with van der Waals surface area (Å²) in [6, 6.07) is -7.23. The average Bonchev–Trinajstić information content (AvgIpc) is 4.08. The zero-order chi connectivity index (χ0) is 54.1. The summed E-state index contributed by atoms with van der Waals surface area (Å²) >= 11 is 0. The molecule has 22 N–H and O–H groups in total. The second-order valence-corrected chi connectivity index (χ2v) is 17.4. The summed E-state index contributed by atoms with van der Waals surface area (Å²) in [6.07, 6.45) is 7.63. The van der Waals surface area contributed by atoms with Gasteiger partial charge in [0.15, 0.2) is 5.96 Å². The Labute approximate surface area is 425 Å². The lowest BCUT2D eigenvalue weighted by atomic mass is 10.0. The maximum Gasteiger partial charge on any atom is 0.268 e. The van der Waals surface area contributed by atoms with Crippen LogP contribution in [0.1, 0.15) is 96.1 Å². The van der Waals surface area contributed by atoms with Crippen molar-refractivity contribution in [1.29, 1.82) is 0 Å². The lowest BCUT2D eigenvalue weighted by Crippen LogP contribution is -2.59. The van der Waals surface area contributed by atoms with Crippen LogP contribution in [0.4, 0.5) is 0 Å². The maximum absolute atomic E-state index is 14.4. The number of aromatic amines is 1. The quantitative estimate of drug-likeness (QED) is 0.00970. The third kappa shape index (κ3) is 23.6. The highest BCUT2D eigenvalue weighted by atomic mass is 16.3. The van der Waals surface area contributed by atoms with E-state index in [1.807, 2.05) is 0 Å². The molecule has 0 aromatic carbocycles. The van der Waals surface area contributed by atoms with Gasteiger partial charge in [0, 0.05) is 37.9 Å². The number of guanidine groups is 1. The lowest BCUT2D eigenvalue weighted by Gasteiger charge is -2.30. The van der Waals surface area contributed by atoms with Crippen LogP contribution in [0.15, 0.2) is 29.3 Å². The van der Waals surface area contributed by atoms with Gasteiger partial charge in [0.2, 0.25) is 47.8 Å². The summed E-state index contributed by atoms with van der Waals surface area (Å²) in [6.45, 7) is 2.42. The third-order valence-corrected chi connectivity index (χ3v) is 11.6. The second kappa shape index (κ2) is 35.4. The Bertz CT molecular complexity index is 1970. The van der Waals surface area contributed by atoms with Gasteiger partial charge in [-0.15, -0.1) is 0 Å². The molecule has 2 rings (SSSR count). The highest BCUT2D eigenvalue weighted by Gasteiger charge is 2.39. The number of imidazole rings is 1. The molecule has 73 heavy (non-hydrogen) atoms. The van der Waals surface area contributed by atoms with Crippen molar-refractivity contribution < 1.29 is 48.3 Å². The molecule has 1 fully saturated rings. The van der Waals surface area contributed by atoms with Gasteiger partial charge in [-0.05, 0) is 117 Å². The van der Waals surface area contributed by atoms with E-state index >= 15 is 0 Å². The Hall–Kier alpha value is -6.75. The van der Waals surface area contributed by atoms with Crippen LogP contribution in [-0.4, -0.2) is 174 Å². The molecule has 0 spiro atoms. The predicted octanol–water partition coefficient (Wildman–Crippen LogP) is -5.99.